The molecule has 0 radical (unpaired) electrons. The fourth-order valence-electron chi connectivity index (χ4n) is 7.00. The number of pyridine rings is 1. The van der Waals surface area contributed by atoms with Crippen LogP contribution in [0.3, 0.4) is 0 Å². The molecule has 0 aliphatic heterocycles. The zero-order chi connectivity index (χ0) is 29.0. The maximum absolute atomic E-state index is 4.18. The molecule has 1 nitrogen and oxygen atoms in total. The van der Waals surface area contributed by atoms with Gasteiger partial charge in [0.05, 0.1) is 0 Å². The monoisotopic (exact) mass is 557 g/mol. The van der Waals surface area contributed by atoms with Crippen molar-refractivity contribution in [2.75, 3.05) is 0 Å². The second-order valence-electron chi connectivity index (χ2n) is 11.6. The molecule has 0 N–H and O–H groups in total. The molecule has 0 aliphatic carbocycles. The summed E-state index contributed by atoms with van der Waals surface area (Å²) in [6, 6.07) is 55.6. The lowest BCUT2D eigenvalue weighted by Gasteiger charge is -2.18. The van der Waals surface area contributed by atoms with Gasteiger partial charge in [-0.25, -0.2) is 0 Å². The highest BCUT2D eigenvalue weighted by molar-refractivity contribution is 6.28. The Balaban J connectivity index is 1.25. The summed E-state index contributed by atoms with van der Waals surface area (Å²) < 4.78 is 0. The van der Waals surface area contributed by atoms with Gasteiger partial charge in [-0.1, -0.05) is 133 Å². The van der Waals surface area contributed by atoms with Crippen LogP contribution in [0.25, 0.3) is 87.6 Å². The van der Waals surface area contributed by atoms with Crippen molar-refractivity contribution in [2.45, 2.75) is 0 Å². The molecule has 0 atom stereocenters. The van der Waals surface area contributed by atoms with E-state index in [0.717, 1.165) is 0 Å². The minimum atomic E-state index is 1.17. The standard InChI is InChI=1S/C43H27N/c1-2-9-36-30(5-1)6-4-10-37(36)31-15-17-33(18-16-31)41-27-40(32-13-11-28(12-14-32)29-23-25-44-26-24-29)38-21-19-34-7-3-8-35-20-22-39(41)43(38)42(34)35/h1-27H. The third-order valence-electron chi connectivity index (χ3n) is 9.15. The number of aromatic nitrogens is 1. The van der Waals surface area contributed by atoms with E-state index in [4.69, 9.17) is 0 Å². The summed E-state index contributed by atoms with van der Waals surface area (Å²) >= 11 is 0. The van der Waals surface area contributed by atoms with Gasteiger partial charge in [0, 0.05) is 12.4 Å². The first-order chi connectivity index (χ1) is 21.8. The molecular weight excluding hydrogens is 530 g/mol. The Labute approximate surface area is 256 Å². The zero-order valence-corrected chi connectivity index (χ0v) is 24.0. The molecule has 1 aromatic heterocycles. The third kappa shape index (κ3) is 3.91. The molecule has 0 spiro atoms. The van der Waals surface area contributed by atoms with Crippen LogP contribution in [0.15, 0.2) is 164 Å². The molecule has 0 saturated heterocycles. The Morgan fingerprint density at radius 2 is 0.795 bits per heavy atom. The molecule has 44 heavy (non-hydrogen) atoms. The molecule has 0 amide bonds. The first-order valence-corrected chi connectivity index (χ1v) is 15.1. The Morgan fingerprint density at radius 1 is 0.295 bits per heavy atom. The van der Waals surface area contributed by atoms with Crippen LogP contribution in [-0.4, -0.2) is 4.98 Å². The van der Waals surface area contributed by atoms with E-state index < -0.39 is 0 Å². The summed E-state index contributed by atoms with van der Waals surface area (Å²) in [6.45, 7) is 0. The molecule has 0 aliphatic rings. The van der Waals surface area contributed by atoms with Crippen LogP contribution in [0.2, 0.25) is 0 Å². The van der Waals surface area contributed by atoms with Gasteiger partial charge in [0.25, 0.3) is 0 Å². The van der Waals surface area contributed by atoms with E-state index in [1.54, 1.807) is 0 Å². The van der Waals surface area contributed by atoms with Gasteiger partial charge in [0.1, 0.15) is 0 Å². The Hall–Kier alpha value is -5.79. The molecule has 1 heteroatoms. The summed E-state index contributed by atoms with van der Waals surface area (Å²) in [7, 11) is 0. The highest BCUT2D eigenvalue weighted by atomic mass is 14.6. The van der Waals surface area contributed by atoms with Gasteiger partial charge < -0.3 is 0 Å². The fraction of sp³-hybridized carbons (Fsp3) is 0. The van der Waals surface area contributed by atoms with Crippen molar-refractivity contribution in [2.24, 2.45) is 0 Å². The average Bonchev–Trinajstić information content (AvgIpc) is 3.11. The third-order valence-corrected chi connectivity index (χ3v) is 9.15. The maximum Gasteiger partial charge on any atom is 0.0273 e. The SMILES string of the molecule is c1ccc2c(-c3ccc(-c4cc(-c5ccc(-c6ccncc6)cc5)c5ccc6cccc7ccc4c5c67)cc3)cccc2c1. The van der Waals surface area contributed by atoms with E-state index in [2.05, 4.69) is 157 Å². The summed E-state index contributed by atoms with van der Waals surface area (Å²) in [6.07, 6.45) is 3.70. The van der Waals surface area contributed by atoms with E-state index in [-0.39, 0.29) is 0 Å². The number of hydrogen-bond acceptors (Lipinski definition) is 1. The van der Waals surface area contributed by atoms with Crippen molar-refractivity contribution in [1.29, 1.82) is 0 Å². The second kappa shape index (κ2) is 9.90. The molecule has 8 aromatic carbocycles. The number of benzene rings is 8. The number of fused-ring (bicyclic) bond motifs is 1. The number of nitrogens with zero attached hydrogens (tertiary/aromatic N) is 1. The summed E-state index contributed by atoms with van der Waals surface area (Å²) in [5.74, 6) is 0. The van der Waals surface area contributed by atoms with Crippen molar-refractivity contribution >= 4 is 43.1 Å². The highest BCUT2D eigenvalue weighted by Gasteiger charge is 2.17. The Morgan fingerprint density at radius 3 is 1.45 bits per heavy atom. The van der Waals surface area contributed by atoms with Crippen LogP contribution in [0.5, 0.6) is 0 Å². The molecule has 204 valence electrons. The van der Waals surface area contributed by atoms with Gasteiger partial charge in [-0.3, -0.25) is 4.98 Å². The van der Waals surface area contributed by atoms with Gasteiger partial charge in [0.15, 0.2) is 0 Å². The minimum absolute atomic E-state index is 1.17. The van der Waals surface area contributed by atoms with E-state index >= 15 is 0 Å². The van der Waals surface area contributed by atoms with Crippen LogP contribution in [0.1, 0.15) is 0 Å². The van der Waals surface area contributed by atoms with Gasteiger partial charge in [-0.05, 0) is 106 Å². The van der Waals surface area contributed by atoms with Crippen molar-refractivity contribution in [3.05, 3.63) is 164 Å². The quantitative estimate of drug-likeness (QED) is 0.196. The van der Waals surface area contributed by atoms with Crippen LogP contribution in [0.4, 0.5) is 0 Å². The predicted octanol–water partition coefficient (Wildman–Crippen LogP) is 11.8. The molecule has 0 bridgehead atoms. The largest absolute Gasteiger partial charge is 0.265 e. The lowest BCUT2D eigenvalue weighted by atomic mass is 9.85. The molecule has 0 saturated carbocycles. The molecular formula is C43H27N. The van der Waals surface area contributed by atoms with Crippen LogP contribution >= 0.6 is 0 Å². The normalized spacial score (nSPS) is 11.6. The number of hydrogen-bond donors (Lipinski definition) is 0. The second-order valence-corrected chi connectivity index (χ2v) is 11.6. The maximum atomic E-state index is 4.18. The molecule has 9 aromatic rings. The van der Waals surface area contributed by atoms with Gasteiger partial charge in [-0.15, -0.1) is 0 Å². The smallest absolute Gasteiger partial charge is 0.0273 e. The van der Waals surface area contributed by atoms with E-state index in [1.165, 1.54) is 87.6 Å². The molecule has 1 heterocycles. The molecule has 0 unspecified atom stereocenters. The average molecular weight is 558 g/mol. The zero-order valence-electron chi connectivity index (χ0n) is 24.0. The first kappa shape index (κ1) is 24.8. The molecule has 9 rings (SSSR count). The van der Waals surface area contributed by atoms with E-state index in [0.29, 0.717) is 0 Å². The van der Waals surface area contributed by atoms with E-state index in [1.807, 2.05) is 12.4 Å². The van der Waals surface area contributed by atoms with E-state index in [9.17, 15) is 0 Å². The lowest BCUT2D eigenvalue weighted by molar-refractivity contribution is 1.33. The van der Waals surface area contributed by atoms with Crippen molar-refractivity contribution in [3.63, 3.8) is 0 Å². The first-order valence-electron chi connectivity index (χ1n) is 15.1. The van der Waals surface area contributed by atoms with Crippen LogP contribution < -0.4 is 0 Å². The minimum Gasteiger partial charge on any atom is -0.265 e. The van der Waals surface area contributed by atoms with Crippen molar-refractivity contribution in [3.8, 4) is 44.5 Å². The highest BCUT2D eigenvalue weighted by Crippen LogP contribution is 2.44. The van der Waals surface area contributed by atoms with Gasteiger partial charge >= 0.3 is 0 Å². The summed E-state index contributed by atoms with van der Waals surface area (Å²) in [5, 5.41) is 10.4. The topological polar surface area (TPSA) is 12.9 Å². The number of rotatable bonds is 4. The Bertz CT molecular complexity index is 2430. The van der Waals surface area contributed by atoms with Crippen molar-refractivity contribution < 1.29 is 0 Å². The van der Waals surface area contributed by atoms with Crippen LogP contribution in [0, 0.1) is 0 Å². The Kier molecular flexibility index (Phi) is 5.57. The fourth-order valence-corrected chi connectivity index (χ4v) is 7.00. The van der Waals surface area contributed by atoms with Gasteiger partial charge in [0.2, 0.25) is 0 Å². The van der Waals surface area contributed by atoms with Crippen LogP contribution in [-0.2, 0) is 0 Å². The molecule has 0 fully saturated rings. The summed E-state index contributed by atoms with van der Waals surface area (Å²) in [5.41, 5.74) is 9.82. The van der Waals surface area contributed by atoms with Gasteiger partial charge in [-0.2, -0.15) is 0 Å². The lowest BCUT2D eigenvalue weighted by Crippen LogP contribution is -1.91. The summed E-state index contributed by atoms with van der Waals surface area (Å²) in [4.78, 5) is 4.18. The predicted molar refractivity (Wildman–Crippen MR) is 187 cm³/mol. The van der Waals surface area contributed by atoms with Crippen molar-refractivity contribution in [1.82, 2.24) is 4.98 Å².